The van der Waals surface area contributed by atoms with Gasteiger partial charge >= 0.3 is 0 Å². The molecule has 2 heterocycles. The maximum absolute atomic E-state index is 4.04. The van der Waals surface area contributed by atoms with E-state index in [0.29, 0.717) is 6.04 Å². The molecule has 0 radical (unpaired) electrons. The summed E-state index contributed by atoms with van der Waals surface area (Å²) in [6, 6.07) is 0.706. The number of nitrogens with zero attached hydrogens (tertiary/aromatic N) is 3. The van der Waals surface area contributed by atoms with Gasteiger partial charge < -0.3 is 9.88 Å². The molecule has 1 aliphatic heterocycles. The first-order chi connectivity index (χ1) is 7.38. The number of aromatic nitrogens is 2. The Hall–Kier alpha value is -0.870. The number of hydrogen-bond donors (Lipinski definition) is 1. The number of likely N-dealkylation sites (tertiary alicyclic amines) is 1. The predicted molar refractivity (Wildman–Crippen MR) is 60.7 cm³/mol. The van der Waals surface area contributed by atoms with Crippen molar-refractivity contribution < 1.29 is 0 Å². The van der Waals surface area contributed by atoms with Gasteiger partial charge in [0.2, 0.25) is 0 Å². The van der Waals surface area contributed by atoms with Crippen molar-refractivity contribution in [2.75, 3.05) is 26.2 Å². The number of likely N-dealkylation sites (N-methyl/N-ethyl adjacent to an activating group) is 1. The van der Waals surface area contributed by atoms with Gasteiger partial charge in [0, 0.05) is 38.1 Å². The van der Waals surface area contributed by atoms with Gasteiger partial charge in [-0.15, -0.1) is 0 Å². The van der Waals surface area contributed by atoms with Crippen molar-refractivity contribution in [2.24, 2.45) is 0 Å². The van der Waals surface area contributed by atoms with Crippen molar-refractivity contribution in [3.05, 3.63) is 18.7 Å². The van der Waals surface area contributed by atoms with Gasteiger partial charge in [0.05, 0.1) is 6.33 Å². The lowest BCUT2D eigenvalue weighted by molar-refractivity contribution is 0.313. The Labute approximate surface area is 91.3 Å². The molecule has 0 aromatic carbocycles. The van der Waals surface area contributed by atoms with Crippen LogP contribution in [0, 0.1) is 0 Å². The smallest absolute Gasteiger partial charge is 0.0946 e. The van der Waals surface area contributed by atoms with E-state index in [1.165, 1.54) is 19.5 Å². The lowest BCUT2D eigenvalue weighted by atomic mass is 10.3. The van der Waals surface area contributed by atoms with Gasteiger partial charge in [-0.05, 0) is 19.5 Å². The zero-order chi connectivity index (χ0) is 10.5. The highest BCUT2D eigenvalue weighted by molar-refractivity contribution is 4.81. The van der Waals surface area contributed by atoms with E-state index in [4.69, 9.17) is 0 Å². The molecule has 0 aliphatic carbocycles. The molecule has 84 valence electrons. The third kappa shape index (κ3) is 3.04. The molecule has 2 rings (SSSR count). The van der Waals surface area contributed by atoms with Gasteiger partial charge in [-0.2, -0.15) is 0 Å². The first kappa shape index (κ1) is 10.6. The fourth-order valence-corrected chi connectivity index (χ4v) is 2.17. The van der Waals surface area contributed by atoms with E-state index in [2.05, 4.69) is 26.7 Å². The maximum atomic E-state index is 4.04. The van der Waals surface area contributed by atoms with Crippen LogP contribution in [0.3, 0.4) is 0 Å². The molecule has 1 aromatic rings. The zero-order valence-corrected chi connectivity index (χ0v) is 9.39. The van der Waals surface area contributed by atoms with Crippen molar-refractivity contribution in [3.63, 3.8) is 0 Å². The topological polar surface area (TPSA) is 33.1 Å². The summed E-state index contributed by atoms with van der Waals surface area (Å²) in [5, 5.41) is 3.51. The molecule has 0 spiro atoms. The molecule has 1 aliphatic rings. The van der Waals surface area contributed by atoms with E-state index in [-0.39, 0.29) is 0 Å². The highest BCUT2D eigenvalue weighted by atomic mass is 15.2. The minimum absolute atomic E-state index is 0.706. The van der Waals surface area contributed by atoms with Crippen molar-refractivity contribution in [1.29, 1.82) is 0 Å². The molecule has 0 saturated carbocycles. The van der Waals surface area contributed by atoms with Crippen molar-refractivity contribution in [2.45, 2.75) is 25.9 Å². The largest absolute Gasteiger partial charge is 0.336 e. The first-order valence-electron chi connectivity index (χ1n) is 5.80. The van der Waals surface area contributed by atoms with E-state index < -0.39 is 0 Å². The van der Waals surface area contributed by atoms with Crippen LogP contribution < -0.4 is 5.32 Å². The van der Waals surface area contributed by atoms with Crippen LogP contribution in [0.5, 0.6) is 0 Å². The summed E-state index contributed by atoms with van der Waals surface area (Å²) < 4.78 is 2.14. The van der Waals surface area contributed by atoms with E-state index in [1.807, 2.05) is 18.7 Å². The first-order valence-corrected chi connectivity index (χ1v) is 5.80. The molecule has 1 aromatic heterocycles. The second-order valence-electron chi connectivity index (χ2n) is 4.14. The molecule has 1 atom stereocenters. The molecular weight excluding hydrogens is 188 g/mol. The summed E-state index contributed by atoms with van der Waals surface area (Å²) in [6.07, 6.45) is 7.04. The number of nitrogens with one attached hydrogen (secondary N) is 1. The highest BCUT2D eigenvalue weighted by Gasteiger charge is 2.20. The molecule has 0 amide bonds. The van der Waals surface area contributed by atoms with Gasteiger partial charge in [-0.1, -0.05) is 6.92 Å². The third-order valence-corrected chi connectivity index (χ3v) is 3.00. The summed E-state index contributed by atoms with van der Waals surface area (Å²) in [5.74, 6) is 0. The second-order valence-corrected chi connectivity index (χ2v) is 4.14. The summed E-state index contributed by atoms with van der Waals surface area (Å²) in [5.41, 5.74) is 0. The SMILES string of the molecule is CCNC1CCN(CCn2ccnc2)C1. The minimum atomic E-state index is 0.706. The lowest BCUT2D eigenvalue weighted by Crippen LogP contribution is -2.33. The molecule has 1 fully saturated rings. The van der Waals surface area contributed by atoms with Crippen LogP contribution in [0.15, 0.2) is 18.7 Å². The van der Waals surface area contributed by atoms with Crippen LogP contribution >= 0.6 is 0 Å². The van der Waals surface area contributed by atoms with Gasteiger partial charge in [0.15, 0.2) is 0 Å². The van der Waals surface area contributed by atoms with Gasteiger partial charge in [-0.3, -0.25) is 4.90 Å². The molecule has 4 nitrogen and oxygen atoms in total. The summed E-state index contributed by atoms with van der Waals surface area (Å²) in [4.78, 5) is 6.57. The Morgan fingerprint density at radius 3 is 3.13 bits per heavy atom. The molecule has 0 bridgehead atoms. The van der Waals surface area contributed by atoms with Crippen LogP contribution in [-0.2, 0) is 6.54 Å². The molecule has 1 saturated heterocycles. The molecule has 4 heteroatoms. The molecular formula is C11H20N4. The monoisotopic (exact) mass is 208 g/mol. The quantitative estimate of drug-likeness (QED) is 0.768. The lowest BCUT2D eigenvalue weighted by Gasteiger charge is -2.16. The second kappa shape index (κ2) is 5.28. The molecule has 15 heavy (non-hydrogen) atoms. The number of hydrogen-bond acceptors (Lipinski definition) is 3. The molecule has 1 N–H and O–H groups in total. The third-order valence-electron chi connectivity index (χ3n) is 3.00. The standard InChI is InChI=1S/C11H20N4/c1-2-13-11-3-5-14(9-11)7-8-15-6-4-12-10-15/h4,6,10-11,13H,2-3,5,7-9H2,1H3. The normalized spacial score (nSPS) is 22.3. The summed E-state index contributed by atoms with van der Waals surface area (Å²) in [6.45, 7) is 7.88. The average molecular weight is 208 g/mol. The summed E-state index contributed by atoms with van der Waals surface area (Å²) >= 11 is 0. The Morgan fingerprint density at radius 1 is 1.47 bits per heavy atom. The van der Waals surface area contributed by atoms with Crippen LogP contribution in [-0.4, -0.2) is 46.7 Å². The molecule has 1 unspecified atom stereocenters. The van der Waals surface area contributed by atoms with Gasteiger partial charge in [0.25, 0.3) is 0 Å². The van der Waals surface area contributed by atoms with E-state index >= 15 is 0 Å². The van der Waals surface area contributed by atoms with Crippen LogP contribution in [0.1, 0.15) is 13.3 Å². The predicted octanol–water partition coefficient (Wildman–Crippen LogP) is 0.567. The average Bonchev–Trinajstić information content (AvgIpc) is 2.85. The Balaban J connectivity index is 1.69. The maximum Gasteiger partial charge on any atom is 0.0946 e. The van der Waals surface area contributed by atoms with Gasteiger partial charge in [0.1, 0.15) is 0 Å². The van der Waals surface area contributed by atoms with E-state index in [1.54, 1.807) is 0 Å². The van der Waals surface area contributed by atoms with Crippen LogP contribution in [0.4, 0.5) is 0 Å². The fraction of sp³-hybridized carbons (Fsp3) is 0.727. The van der Waals surface area contributed by atoms with E-state index in [9.17, 15) is 0 Å². The van der Waals surface area contributed by atoms with Crippen molar-refractivity contribution >= 4 is 0 Å². The number of imidazole rings is 1. The van der Waals surface area contributed by atoms with Crippen LogP contribution in [0.2, 0.25) is 0 Å². The van der Waals surface area contributed by atoms with Crippen LogP contribution in [0.25, 0.3) is 0 Å². The Kier molecular flexibility index (Phi) is 3.75. The van der Waals surface area contributed by atoms with Crippen molar-refractivity contribution in [1.82, 2.24) is 19.8 Å². The Morgan fingerprint density at radius 2 is 2.40 bits per heavy atom. The van der Waals surface area contributed by atoms with E-state index in [0.717, 1.165) is 19.6 Å². The fourth-order valence-electron chi connectivity index (χ4n) is 2.17. The zero-order valence-electron chi connectivity index (χ0n) is 9.39. The minimum Gasteiger partial charge on any atom is -0.336 e. The van der Waals surface area contributed by atoms with Crippen molar-refractivity contribution in [3.8, 4) is 0 Å². The number of rotatable bonds is 5. The highest BCUT2D eigenvalue weighted by Crippen LogP contribution is 2.08. The summed E-state index contributed by atoms with van der Waals surface area (Å²) in [7, 11) is 0. The Bertz CT molecular complexity index is 270. The van der Waals surface area contributed by atoms with Gasteiger partial charge in [-0.25, -0.2) is 4.98 Å².